The van der Waals surface area contributed by atoms with Crippen LogP contribution in [-0.4, -0.2) is 39.2 Å². The minimum Gasteiger partial charge on any atom is -0.490 e. The maximum Gasteiger partial charge on any atom is 0.150 e. The second-order valence-electron chi connectivity index (χ2n) is 8.54. The Morgan fingerprint density at radius 2 is 1.85 bits per heavy atom. The summed E-state index contributed by atoms with van der Waals surface area (Å²) in [5, 5.41) is 0. The van der Waals surface area contributed by atoms with Crippen molar-refractivity contribution >= 4 is 9.84 Å². The van der Waals surface area contributed by atoms with Crippen LogP contribution in [0.4, 0.5) is 0 Å². The average Bonchev–Trinajstić information content (AvgIpc) is 3.05. The van der Waals surface area contributed by atoms with Gasteiger partial charge in [0.05, 0.1) is 24.2 Å². The van der Waals surface area contributed by atoms with Crippen molar-refractivity contribution in [1.82, 2.24) is 0 Å². The number of ether oxygens (including phenoxy) is 2. The molecule has 0 bridgehead atoms. The molecule has 1 aromatic rings. The highest BCUT2D eigenvalue weighted by Gasteiger charge is 2.17. The van der Waals surface area contributed by atoms with Gasteiger partial charge in [0, 0.05) is 6.61 Å². The molecule has 1 saturated carbocycles. The lowest BCUT2D eigenvalue weighted by Crippen LogP contribution is -2.18. The maximum absolute atomic E-state index is 12.2. The second-order valence-corrected chi connectivity index (χ2v) is 10.8. The average molecular weight is 383 g/mol. The van der Waals surface area contributed by atoms with Gasteiger partial charge in [0.1, 0.15) is 5.75 Å². The van der Waals surface area contributed by atoms with Gasteiger partial charge in [0.25, 0.3) is 0 Å². The molecule has 0 N–H and O–H groups in total. The van der Waals surface area contributed by atoms with Crippen molar-refractivity contribution in [3.05, 3.63) is 29.8 Å². The Hall–Kier alpha value is -1.07. The first-order valence-corrected chi connectivity index (χ1v) is 11.6. The Bertz CT molecular complexity index is 640. The quantitative estimate of drug-likeness (QED) is 0.562. The number of hydrogen-bond acceptors (Lipinski definition) is 4. The second kappa shape index (κ2) is 9.75. The molecular weight excluding hydrogens is 348 g/mol. The van der Waals surface area contributed by atoms with E-state index >= 15 is 0 Å². The van der Waals surface area contributed by atoms with Gasteiger partial charge in [-0.15, -0.1) is 0 Å². The number of sulfone groups is 1. The van der Waals surface area contributed by atoms with Gasteiger partial charge in [-0.05, 0) is 61.6 Å². The molecule has 2 rings (SSSR count). The van der Waals surface area contributed by atoms with Crippen LogP contribution in [0.3, 0.4) is 0 Å². The standard InChI is InChI=1S/C21H34O4S/c1-21(2,3)17-24-13-7-14-26(22,23)15-12-18-8-6-11-20(16-18)25-19-9-4-5-10-19/h6,8,11,16,19H,4-5,7,9-10,12-15,17H2,1-3H3. The molecule has 4 nitrogen and oxygen atoms in total. The molecule has 0 unspecified atom stereocenters. The molecule has 0 radical (unpaired) electrons. The van der Waals surface area contributed by atoms with E-state index in [1.807, 2.05) is 24.3 Å². The van der Waals surface area contributed by atoms with Crippen LogP contribution < -0.4 is 4.74 Å². The first-order chi connectivity index (χ1) is 12.2. The summed E-state index contributed by atoms with van der Waals surface area (Å²) in [6.45, 7) is 7.47. The van der Waals surface area contributed by atoms with Gasteiger partial charge in [-0.25, -0.2) is 8.42 Å². The van der Waals surface area contributed by atoms with E-state index in [4.69, 9.17) is 9.47 Å². The van der Waals surface area contributed by atoms with Crippen LogP contribution in [0.5, 0.6) is 5.75 Å². The molecule has 148 valence electrons. The monoisotopic (exact) mass is 382 g/mol. The summed E-state index contributed by atoms with van der Waals surface area (Å²) in [7, 11) is -3.05. The fourth-order valence-corrected chi connectivity index (χ4v) is 4.42. The molecule has 26 heavy (non-hydrogen) atoms. The van der Waals surface area contributed by atoms with Gasteiger partial charge in [-0.2, -0.15) is 0 Å². The zero-order valence-corrected chi connectivity index (χ0v) is 17.3. The van der Waals surface area contributed by atoms with Crippen LogP contribution in [0.2, 0.25) is 0 Å². The molecule has 1 aliphatic rings. The van der Waals surface area contributed by atoms with E-state index in [0.717, 1.165) is 24.2 Å². The fraction of sp³-hybridized carbons (Fsp3) is 0.714. The summed E-state index contributed by atoms with van der Waals surface area (Å²) < 4.78 is 36.0. The lowest BCUT2D eigenvalue weighted by atomic mass is 9.99. The normalized spacial score (nSPS) is 16.1. The molecule has 0 heterocycles. The third-order valence-corrected chi connectivity index (χ3v) is 6.22. The summed E-state index contributed by atoms with van der Waals surface area (Å²) in [6, 6.07) is 7.87. The van der Waals surface area contributed by atoms with Crippen LogP contribution in [-0.2, 0) is 21.0 Å². The van der Waals surface area contributed by atoms with E-state index in [0.29, 0.717) is 32.2 Å². The summed E-state index contributed by atoms with van der Waals surface area (Å²) >= 11 is 0. The van der Waals surface area contributed by atoms with E-state index in [2.05, 4.69) is 20.8 Å². The van der Waals surface area contributed by atoms with Gasteiger partial charge in [0.15, 0.2) is 9.84 Å². The number of benzene rings is 1. The van der Waals surface area contributed by atoms with E-state index in [1.54, 1.807) is 0 Å². The largest absolute Gasteiger partial charge is 0.490 e. The fourth-order valence-electron chi connectivity index (χ4n) is 3.11. The van der Waals surface area contributed by atoms with Crippen LogP contribution in [0.1, 0.15) is 58.4 Å². The highest BCUT2D eigenvalue weighted by atomic mass is 32.2. The Morgan fingerprint density at radius 1 is 1.12 bits per heavy atom. The van der Waals surface area contributed by atoms with E-state index in [-0.39, 0.29) is 16.9 Å². The zero-order chi connectivity index (χ0) is 19.0. The number of aryl methyl sites for hydroxylation is 1. The summed E-state index contributed by atoms with van der Waals surface area (Å²) in [5.74, 6) is 1.23. The predicted octanol–water partition coefficient (Wildman–Crippen LogP) is 4.42. The smallest absolute Gasteiger partial charge is 0.150 e. The molecule has 1 aliphatic carbocycles. The highest BCUT2D eigenvalue weighted by Crippen LogP contribution is 2.24. The van der Waals surface area contributed by atoms with Crippen molar-refractivity contribution in [2.24, 2.45) is 5.41 Å². The van der Waals surface area contributed by atoms with E-state index in [9.17, 15) is 8.42 Å². The summed E-state index contributed by atoms with van der Waals surface area (Å²) in [5.41, 5.74) is 1.14. The molecule has 0 spiro atoms. The molecule has 0 atom stereocenters. The molecule has 5 heteroatoms. The first-order valence-electron chi connectivity index (χ1n) is 9.77. The zero-order valence-electron chi connectivity index (χ0n) is 16.5. The van der Waals surface area contributed by atoms with Crippen molar-refractivity contribution in [2.75, 3.05) is 24.7 Å². The molecule has 1 aromatic carbocycles. The Morgan fingerprint density at radius 3 is 2.54 bits per heavy atom. The Labute approximate surface area is 159 Å². The van der Waals surface area contributed by atoms with Crippen molar-refractivity contribution < 1.29 is 17.9 Å². The number of rotatable bonds is 10. The Balaban J connectivity index is 1.72. The third-order valence-electron chi connectivity index (χ3n) is 4.48. The van der Waals surface area contributed by atoms with Crippen LogP contribution >= 0.6 is 0 Å². The topological polar surface area (TPSA) is 52.6 Å². The van der Waals surface area contributed by atoms with Crippen molar-refractivity contribution in [3.63, 3.8) is 0 Å². The highest BCUT2D eigenvalue weighted by molar-refractivity contribution is 7.91. The van der Waals surface area contributed by atoms with Gasteiger partial charge in [-0.1, -0.05) is 32.9 Å². The minimum absolute atomic E-state index is 0.116. The molecule has 0 amide bonds. The van der Waals surface area contributed by atoms with Gasteiger partial charge in [-0.3, -0.25) is 0 Å². The summed E-state index contributed by atoms with van der Waals surface area (Å²) in [4.78, 5) is 0. The SMILES string of the molecule is CC(C)(C)COCCCS(=O)(=O)CCc1cccc(OC2CCCC2)c1. The molecule has 1 fully saturated rings. The van der Waals surface area contributed by atoms with E-state index < -0.39 is 9.84 Å². The number of hydrogen-bond donors (Lipinski definition) is 0. The summed E-state index contributed by atoms with van der Waals surface area (Å²) in [6.07, 6.45) is 6.13. The van der Waals surface area contributed by atoms with Gasteiger partial charge < -0.3 is 9.47 Å². The first kappa shape index (κ1) is 21.2. The lowest BCUT2D eigenvalue weighted by Gasteiger charge is -2.17. The molecular formula is C21H34O4S. The Kier molecular flexibility index (Phi) is 7.96. The molecule has 0 aromatic heterocycles. The van der Waals surface area contributed by atoms with Gasteiger partial charge >= 0.3 is 0 Å². The van der Waals surface area contributed by atoms with Crippen molar-refractivity contribution in [2.45, 2.75) is 65.4 Å². The maximum atomic E-state index is 12.2. The predicted molar refractivity (Wildman–Crippen MR) is 107 cm³/mol. The van der Waals surface area contributed by atoms with E-state index in [1.165, 1.54) is 12.8 Å². The van der Waals surface area contributed by atoms with Crippen LogP contribution in [0, 0.1) is 5.41 Å². The molecule has 0 aliphatic heterocycles. The van der Waals surface area contributed by atoms with Crippen LogP contribution in [0.15, 0.2) is 24.3 Å². The van der Waals surface area contributed by atoms with Gasteiger partial charge in [0.2, 0.25) is 0 Å². The third kappa shape index (κ3) is 8.54. The minimum atomic E-state index is -3.05. The van der Waals surface area contributed by atoms with Crippen molar-refractivity contribution in [3.8, 4) is 5.75 Å². The van der Waals surface area contributed by atoms with Crippen molar-refractivity contribution in [1.29, 1.82) is 0 Å². The lowest BCUT2D eigenvalue weighted by molar-refractivity contribution is 0.0720. The molecule has 0 saturated heterocycles. The van der Waals surface area contributed by atoms with Crippen LogP contribution in [0.25, 0.3) is 0 Å².